The lowest BCUT2D eigenvalue weighted by Gasteiger charge is -2.07. The Balaban J connectivity index is 2.32. The standard InChI is InChI=1S/C13H15ClN4/c1-9-8-12(16-7-6-15)18-13(17-9)10-2-4-11(14)5-3-10/h2-5,8H,6-7,15H2,1H3,(H,16,17,18). The highest BCUT2D eigenvalue weighted by Gasteiger charge is 2.04. The van der Waals surface area contributed by atoms with E-state index in [0.717, 1.165) is 17.1 Å². The third kappa shape index (κ3) is 3.18. The molecule has 0 radical (unpaired) electrons. The minimum Gasteiger partial charge on any atom is -0.369 e. The number of nitrogens with one attached hydrogen (secondary N) is 1. The van der Waals surface area contributed by atoms with Crippen LogP contribution in [0, 0.1) is 6.92 Å². The Morgan fingerprint density at radius 1 is 1.22 bits per heavy atom. The van der Waals surface area contributed by atoms with Gasteiger partial charge in [-0.15, -0.1) is 0 Å². The second-order valence-corrected chi connectivity index (χ2v) is 4.38. The summed E-state index contributed by atoms with van der Waals surface area (Å²) in [5.41, 5.74) is 7.31. The van der Waals surface area contributed by atoms with Gasteiger partial charge in [0, 0.05) is 35.4 Å². The van der Waals surface area contributed by atoms with Gasteiger partial charge in [0.05, 0.1) is 0 Å². The number of aromatic nitrogens is 2. The first-order chi connectivity index (χ1) is 8.69. The smallest absolute Gasteiger partial charge is 0.161 e. The summed E-state index contributed by atoms with van der Waals surface area (Å²) in [6.45, 7) is 3.20. The van der Waals surface area contributed by atoms with Gasteiger partial charge in [-0.3, -0.25) is 0 Å². The van der Waals surface area contributed by atoms with E-state index >= 15 is 0 Å². The Labute approximate surface area is 111 Å². The number of benzene rings is 1. The number of hydrogen-bond acceptors (Lipinski definition) is 4. The molecular formula is C13H15ClN4. The minimum atomic E-state index is 0.569. The van der Waals surface area contributed by atoms with Crippen LogP contribution in [0.15, 0.2) is 30.3 Å². The average Bonchev–Trinajstić information content (AvgIpc) is 2.36. The number of nitrogens with two attached hydrogens (primary N) is 1. The molecule has 0 saturated carbocycles. The van der Waals surface area contributed by atoms with Crippen molar-refractivity contribution in [3.63, 3.8) is 0 Å². The molecule has 0 atom stereocenters. The van der Waals surface area contributed by atoms with Crippen molar-refractivity contribution in [1.82, 2.24) is 9.97 Å². The number of aryl methyl sites for hydroxylation is 1. The molecule has 3 N–H and O–H groups in total. The molecule has 0 bridgehead atoms. The summed E-state index contributed by atoms with van der Waals surface area (Å²) in [6, 6.07) is 9.37. The molecule has 5 heteroatoms. The maximum Gasteiger partial charge on any atom is 0.161 e. The molecule has 0 unspecified atom stereocenters. The van der Waals surface area contributed by atoms with Gasteiger partial charge in [-0.25, -0.2) is 9.97 Å². The van der Waals surface area contributed by atoms with Gasteiger partial charge in [0.2, 0.25) is 0 Å². The maximum atomic E-state index is 5.86. The summed E-state index contributed by atoms with van der Waals surface area (Å²) < 4.78 is 0. The highest BCUT2D eigenvalue weighted by Crippen LogP contribution is 2.20. The predicted molar refractivity (Wildman–Crippen MR) is 74.8 cm³/mol. The van der Waals surface area contributed by atoms with Crippen molar-refractivity contribution in [1.29, 1.82) is 0 Å². The third-order valence-electron chi connectivity index (χ3n) is 2.41. The van der Waals surface area contributed by atoms with Gasteiger partial charge >= 0.3 is 0 Å². The number of rotatable bonds is 4. The van der Waals surface area contributed by atoms with Gasteiger partial charge in [0.25, 0.3) is 0 Å². The van der Waals surface area contributed by atoms with E-state index in [1.807, 2.05) is 37.3 Å². The summed E-state index contributed by atoms with van der Waals surface area (Å²) >= 11 is 5.86. The zero-order valence-electron chi connectivity index (χ0n) is 10.2. The Kier molecular flexibility index (Phi) is 4.12. The topological polar surface area (TPSA) is 63.8 Å². The lowest BCUT2D eigenvalue weighted by atomic mass is 10.2. The summed E-state index contributed by atoms with van der Waals surface area (Å²) in [5.74, 6) is 1.48. The second-order valence-electron chi connectivity index (χ2n) is 3.94. The molecule has 0 amide bonds. The van der Waals surface area contributed by atoms with Crippen molar-refractivity contribution in [3.05, 3.63) is 41.0 Å². The molecule has 0 aliphatic heterocycles. The summed E-state index contributed by atoms with van der Waals surface area (Å²) in [7, 11) is 0. The fraction of sp³-hybridized carbons (Fsp3) is 0.231. The van der Waals surface area contributed by atoms with E-state index in [4.69, 9.17) is 17.3 Å². The van der Waals surface area contributed by atoms with Crippen molar-refractivity contribution in [3.8, 4) is 11.4 Å². The van der Waals surface area contributed by atoms with Gasteiger partial charge < -0.3 is 11.1 Å². The predicted octanol–water partition coefficient (Wildman–Crippen LogP) is 2.48. The van der Waals surface area contributed by atoms with E-state index in [0.29, 0.717) is 23.9 Å². The van der Waals surface area contributed by atoms with Crippen LogP contribution in [-0.4, -0.2) is 23.1 Å². The highest BCUT2D eigenvalue weighted by atomic mass is 35.5. The lowest BCUT2D eigenvalue weighted by Crippen LogP contribution is -2.14. The summed E-state index contributed by atoms with van der Waals surface area (Å²) in [5, 5.41) is 3.86. The van der Waals surface area contributed by atoms with Gasteiger partial charge in [0.15, 0.2) is 5.82 Å². The Morgan fingerprint density at radius 2 is 1.94 bits per heavy atom. The monoisotopic (exact) mass is 262 g/mol. The van der Waals surface area contributed by atoms with Crippen LogP contribution in [0.5, 0.6) is 0 Å². The maximum absolute atomic E-state index is 5.86. The largest absolute Gasteiger partial charge is 0.369 e. The molecule has 18 heavy (non-hydrogen) atoms. The molecule has 1 heterocycles. The van der Waals surface area contributed by atoms with Gasteiger partial charge in [-0.2, -0.15) is 0 Å². The lowest BCUT2D eigenvalue weighted by molar-refractivity contribution is 1.000. The van der Waals surface area contributed by atoms with Crippen molar-refractivity contribution in [2.45, 2.75) is 6.92 Å². The zero-order chi connectivity index (χ0) is 13.0. The highest BCUT2D eigenvalue weighted by molar-refractivity contribution is 6.30. The van der Waals surface area contributed by atoms with E-state index in [2.05, 4.69) is 15.3 Å². The molecule has 2 aromatic rings. The Bertz CT molecular complexity index is 525. The summed E-state index contributed by atoms with van der Waals surface area (Å²) in [4.78, 5) is 8.87. The van der Waals surface area contributed by atoms with Crippen LogP contribution >= 0.6 is 11.6 Å². The second kappa shape index (κ2) is 5.80. The molecule has 2 rings (SSSR count). The Morgan fingerprint density at radius 3 is 2.61 bits per heavy atom. The van der Waals surface area contributed by atoms with Gasteiger partial charge in [0.1, 0.15) is 5.82 Å². The number of halogens is 1. The molecule has 94 valence electrons. The molecular weight excluding hydrogens is 248 g/mol. The molecule has 0 fully saturated rings. The van der Waals surface area contributed by atoms with Gasteiger partial charge in [-0.1, -0.05) is 11.6 Å². The van der Waals surface area contributed by atoms with Crippen LogP contribution in [0.2, 0.25) is 5.02 Å². The number of hydrogen-bond donors (Lipinski definition) is 2. The molecule has 4 nitrogen and oxygen atoms in total. The van der Waals surface area contributed by atoms with Crippen molar-refractivity contribution >= 4 is 17.4 Å². The number of nitrogens with zero attached hydrogens (tertiary/aromatic N) is 2. The molecule has 1 aromatic carbocycles. The van der Waals surface area contributed by atoms with E-state index in [-0.39, 0.29) is 0 Å². The minimum absolute atomic E-state index is 0.569. The van der Waals surface area contributed by atoms with Gasteiger partial charge in [-0.05, 0) is 31.2 Å². The fourth-order valence-corrected chi connectivity index (χ4v) is 1.71. The van der Waals surface area contributed by atoms with Crippen molar-refractivity contribution in [2.24, 2.45) is 5.73 Å². The Hall–Kier alpha value is -1.65. The molecule has 1 aromatic heterocycles. The van der Waals surface area contributed by atoms with Crippen LogP contribution in [0.4, 0.5) is 5.82 Å². The van der Waals surface area contributed by atoms with E-state index in [9.17, 15) is 0 Å². The van der Waals surface area contributed by atoms with Crippen molar-refractivity contribution < 1.29 is 0 Å². The third-order valence-corrected chi connectivity index (χ3v) is 2.66. The average molecular weight is 263 g/mol. The van der Waals surface area contributed by atoms with Crippen molar-refractivity contribution in [2.75, 3.05) is 18.4 Å². The number of anilines is 1. The van der Waals surface area contributed by atoms with Crippen LogP contribution in [-0.2, 0) is 0 Å². The first-order valence-electron chi connectivity index (χ1n) is 5.74. The fourth-order valence-electron chi connectivity index (χ4n) is 1.59. The van der Waals surface area contributed by atoms with E-state index in [1.165, 1.54) is 0 Å². The SMILES string of the molecule is Cc1cc(NCCN)nc(-c2ccc(Cl)cc2)n1. The molecule has 0 aliphatic rings. The van der Waals surface area contributed by atoms with Crippen LogP contribution in [0.25, 0.3) is 11.4 Å². The summed E-state index contributed by atoms with van der Waals surface area (Å²) in [6.07, 6.45) is 0. The molecule has 0 saturated heterocycles. The quantitative estimate of drug-likeness (QED) is 0.889. The molecule has 0 spiro atoms. The first kappa shape index (κ1) is 12.8. The zero-order valence-corrected chi connectivity index (χ0v) is 10.9. The normalized spacial score (nSPS) is 10.4. The molecule has 0 aliphatic carbocycles. The van der Waals surface area contributed by atoms with Crippen LogP contribution in [0.1, 0.15) is 5.69 Å². The first-order valence-corrected chi connectivity index (χ1v) is 6.12. The van der Waals surface area contributed by atoms with E-state index in [1.54, 1.807) is 0 Å². The van der Waals surface area contributed by atoms with E-state index < -0.39 is 0 Å². The van der Waals surface area contributed by atoms with Crippen LogP contribution < -0.4 is 11.1 Å². The van der Waals surface area contributed by atoms with Crippen LogP contribution in [0.3, 0.4) is 0 Å².